The molecule has 0 aliphatic carbocycles. The molecule has 0 bridgehead atoms. The lowest BCUT2D eigenvalue weighted by Crippen LogP contribution is -2.12. The van der Waals surface area contributed by atoms with E-state index < -0.39 is 5.97 Å². The standard InChI is InChI=1S/C20H17ClN4O4S2/c1-4-28-19(27)14-9(2)13-16(26)22-15(23-18(13)31-14)10(3)30-20-25-24-17(29-20)11-5-7-12(21)8-6-11/h5-8,10H,4H2,1-3H3,(H,22,23,26). The van der Waals surface area contributed by atoms with Crippen LogP contribution in [0.5, 0.6) is 0 Å². The Kier molecular flexibility index (Phi) is 6.12. The fourth-order valence-corrected chi connectivity index (χ4v) is 4.87. The summed E-state index contributed by atoms with van der Waals surface area (Å²) < 4.78 is 10.8. The van der Waals surface area contributed by atoms with Crippen LogP contribution in [0.4, 0.5) is 0 Å². The Morgan fingerprint density at radius 2 is 2.06 bits per heavy atom. The smallest absolute Gasteiger partial charge is 0.348 e. The third kappa shape index (κ3) is 4.36. The van der Waals surface area contributed by atoms with Crippen LogP contribution < -0.4 is 5.56 Å². The van der Waals surface area contributed by atoms with Crippen LogP contribution in [0.1, 0.15) is 40.2 Å². The molecule has 0 saturated carbocycles. The lowest BCUT2D eigenvalue weighted by atomic mass is 10.2. The number of aromatic nitrogens is 4. The summed E-state index contributed by atoms with van der Waals surface area (Å²) in [6, 6.07) is 7.07. The van der Waals surface area contributed by atoms with Crippen LogP contribution >= 0.6 is 34.7 Å². The zero-order chi connectivity index (χ0) is 22.1. The number of thiophene rings is 1. The number of ether oxygens (including phenoxy) is 1. The molecule has 160 valence electrons. The molecule has 0 saturated heterocycles. The van der Waals surface area contributed by atoms with Gasteiger partial charge in [0.1, 0.15) is 15.5 Å². The average Bonchev–Trinajstić information content (AvgIpc) is 3.33. The first-order chi connectivity index (χ1) is 14.9. The number of carbonyl (C=O) groups excluding carboxylic acids is 1. The second-order valence-corrected chi connectivity index (χ2v) is 9.28. The zero-order valence-electron chi connectivity index (χ0n) is 16.8. The summed E-state index contributed by atoms with van der Waals surface area (Å²) in [7, 11) is 0. The quantitative estimate of drug-likeness (QED) is 0.305. The van der Waals surface area contributed by atoms with Crippen molar-refractivity contribution in [3.05, 3.63) is 55.9 Å². The van der Waals surface area contributed by atoms with Crippen molar-refractivity contribution >= 4 is 50.9 Å². The number of aryl methyl sites for hydroxylation is 1. The van der Waals surface area contributed by atoms with Crippen molar-refractivity contribution in [2.24, 2.45) is 0 Å². The maximum Gasteiger partial charge on any atom is 0.348 e. The Labute approximate surface area is 190 Å². The summed E-state index contributed by atoms with van der Waals surface area (Å²) in [5.74, 6) is 0.369. The van der Waals surface area contributed by atoms with E-state index in [2.05, 4.69) is 20.2 Å². The molecule has 1 aromatic carbocycles. The zero-order valence-corrected chi connectivity index (χ0v) is 19.2. The van der Waals surface area contributed by atoms with Gasteiger partial charge in [0.15, 0.2) is 0 Å². The number of carbonyl (C=O) groups is 1. The molecule has 0 amide bonds. The number of benzene rings is 1. The highest BCUT2D eigenvalue weighted by atomic mass is 35.5. The fourth-order valence-electron chi connectivity index (χ4n) is 2.92. The summed E-state index contributed by atoms with van der Waals surface area (Å²) in [5, 5.41) is 9.21. The normalized spacial score (nSPS) is 12.3. The van der Waals surface area contributed by atoms with E-state index in [9.17, 15) is 9.59 Å². The van der Waals surface area contributed by atoms with Gasteiger partial charge in [-0.1, -0.05) is 23.4 Å². The van der Waals surface area contributed by atoms with Crippen LogP contribution in [-0.2, 0) is 4.74 Å². The van der Waals surface area contributed by atoms with E-state index in [4.69, 9.17) is 20.8 Å². The van der Waals surface area contributed by atoms with Crippen molar-refractivity contribution in [3.63, 3.8) is 0 Å². The van der Waals surface area contributed by atoms with Gasteiger partial charge in [0.05, 0.1) is 17.2 Å². The molecule has 0 spiro atoms. The fraction of sp³-hybridized carbons (Fsp3) is 0.250. The number of thioether (sulfide) groups is 1. The van der Waals surface area contributed by atoms with E-state index in [1.165, 1.54) is 11.8 Å². The lowest BCUT2D eigenvalue weighted by Gasteiger charge is -2.07. The van der Waals surface area contributed by atoms with Crippen molar-refractivity contribution in [2.75, 3.05) is 6.61 Å². The Hall–Kier alpha value is -2.69. The summed E-state index contributed by atoms with van der Waals surface area (Å²) in [6.07, 6.45) is 0. The van der Waals surface area contributed by atoms with E-state index in [1.54, 1.807) is 38.1 Å². The van der Waals surface area contributed by atoms with E-state index in [1.807, 2.05) is 6.92 Å². The van der Waals surface area contributed by atoms with Crippen LogP contribution in [0, 0.1) is 6.92 Å². The molecule has 0 fully saturated rings. The van der Waals surface area contributed by atoms with Crippen molar-refractivity contribution in [1.82, 2.24) is 20.2 Å². The first kappa shape index (κ1) is 21.5. The summed E-state index contributed by atoms with van der Waals surface area (Å²) in [5.41, 5.74) is 1.03. The van der Waals surface area contributed by atoms with Gasteiger partial charge in [-0.2, -0.15) is 0 Å². The minimum Gasteiger partial charge on any atom is -0.462 e. The minimum absolute atomic E-state index is 0.261. The number of aromatic amines is 1. The van der Waals surface area contributed by atoms with Crippen LogP contribution in [0.2, 0.25) is 5.02 Å². The molecule has 0 aliphatic rings. The van der Waals surface area contributed by atoms with Crippen LogP contribution in [-0.4, -0.2) is 32.7 Å². The van der Waals surface area contributed by atoms with Crippen molar-refractivity contribution in [1.29, 1.82) is 0 Å². The first-order valence-corrected chi connectivity index (χ1v) is 11.4. The molecule has 3 heterocycles. The minimum atomic E-state index is -0.452. The molecule has 4 rings (SSSR count). The van der Waals surface area contributed by atoms with Gasteiger partial charge < -0.3 is 14.1 Å². The second-order valence-electron chi connectivity index (χ2n) is 6.55. The van der Waals surface area contributed by atoms with Crippen LogP contribution in [0.3, 0.4) is 0 Å². The molecule has 11 heteroatoms. The molecule has 1 N–H and O–H groups in total. The number of hydrogen-bond donors (Lipinski definition) is 1. The topological polar surface area (TPSA) is 111 Å². The molecule has 8 nitrogen and oxygen atoms in total. The lowest BCUT2D eigenvalue weighted by molar-refractivity contribution is 0.0531. The van der Waals surface area contributed by atoms with Gasteiger partial charge in [-0.05, 0) is 50.6 Å². The van der Waals surface area contributed by atoms with E-state index >= 15 is 0 Å². The Morgan fingerprint density at radius 3 is 2.77 bits per heavy atom. The Bertz CT molecular complexity index is 1310. The maximum absolute atomic E-state index is 12.7. The largest absolute Gasteiger partial charge is 0.462 e. The third-order valence-electron chi connectivity index (χ3n) is 4.44. The predicted octanol–water partition coefficient (Wildman–Crippen LogP) is 5.03. The number of fused-ring (bicyclic) bond motifs is 1. The monoisotopic (exact) mass is 476 g/mol. The van der Waals surface area contributed by atoms with Gasteiger partial charge in [-0.25, -0.2) is 9.78 Å². The third-order valence-corrected chi connectivity index (χ3v) is 6.80. The number of hydrogen-bond acceptors (Lipinski definition) is 9. The number of esters is 1. The predicted molar refractivity (Wildman–Crippen MR) is 120 cm³/mol. The average molecular weight is 477 g/mol. The maximum atomic E-state index is 12.7. The first-order valence-electron chi connectivity index (χ1n) is 9.34. The highest BCUT2D eigenvalue weighted by molar-refractivity contribution is 7.99. The van der Waals surface area contributed by atoms with Crippen LogP contribution in [0.15, 0.2) is 38.7 Å². The molecule has 31 heavy (non-hydrogen) atoms. The molecular formula is C20H17ClN4O4S2. The van der Waals surface area contributed by atoms with E-state index in [-0.39, 0.29) is 17.4 Å². The number of nitrogens with one attached hydrogen (secondary N) is 1. The summed E-state index contributed by atoms with van der Waals surface area (Å²) in [4.78, 5) is 33.1. The molecule has 0 aliphatic heterocycles. The SMILES string of the molecule is CCOC(=O)c1sc2nc(C(C)Sc3nnc(-c4ccc(Cl)cc4)o3)[nH]c(=O)c2c1C. The number of H-pyrrole nitrogens is 1. The van der Waals surface area contributed by atoms with Gasteiger partial charge in [-0.3, -0.25) is 4.79 Å². The molecule has 3 aromatic heterocycles. The number of halogens is 1. The van der Waals surface area contributed by atoms with E-state index in [0.717, 1.165) is 16.9 Å². The van der Waals surface area contributed by atoms with Crippen LogP contribution in [0.25, 0.3) is 21.7 Å². The Balaban J connectivity index is 1.59. The molecule has 0 radical (unpaired) electrons. The summed E-state index contributed by atoms with van der Waals surface area (Å²) in [6.45, 7) is 5.58. The highest BCUT2D eigenvalue weighted by Crippen LogP contribution is 2.35. The second kappa shape index (κ2) is 8.81. The van der Waals surface area contributed by atoms with Gasteiger partial charge >= 0.3 is 5.97 Å². The van der Waals surface area contributed by atoms with Gasteiger partial charge in [-0.15, -0.1) is 21.5 Å². The Morgan fingerprint density at radius 1 is 1.32 bits per heavy atom. The molecule has 1 unspecified atom stereocenters. The molecular weight excluding hydrogens is 460 g/mol. The number of rotatable bonds is 6. The van der Waals surface area contributed by atoms with Crippen molar-refractivity contribution in [3.8, 4) is 11.5 Å². The summed E-state index contributed by atoms with van der Waals surface area (Å²) >= 11 is 8.33. The van der Waals surface area contributed by atoms with Gasteiger partial charge in [0.2, 0.25) is 5.89 Å². The molecule has 4 aromatic rings. The van der Waals surface area contributed by atoms with Crippen molar-refractivity contribution < 1.29 is 13.9 Å². The number of nitrogens with zero attached hydrogens (tertiary/aromatic N) is 3. The van der Waals surface area contributed by atoms with Gasteiger partial charge in [0.25, 0.3) is 10.8 Å². The van der Waals surface area contributed by atoms with Gasteiger partial charge in [0, 0.05) is 10.6 Å². The van der Waals surface area contributed by atoms with Crippen molar-refractivity contribution in [2.45, 2.75) is 31.2 Å². The van der Waals surface area contributed by atoms with E-state index in [0.29, 0.717) is 42.6 Å². The molecule has 1 atom stereocenters. The highest BCUT2D eigenvalue weighted by Gasteiger charge is 2.22.